The zero-order chi connectivity index (χ0) is 14.9. The van der Waals surface area contributed by atoms with Gasteiger partial charge in [-0.1, -0.05) is 0 Å². The van der Waals surface area contributed by atoms with E-state index in [-0.39, 0.29) is 18.7 Å². The number of hydrogen-bond donors (Lipinski definition) is 1. The molecule has 0 atom stereocenters. The lowest BCUT2D eigenvalue weighted by Crippen LogP contribution is -2.53. The molecule has 0 bridgehead atoms. The molecule has 20 heavy (non-hydrogen) atoms. The molecule has 1 aliphatic rings. The van der Waals surface area contributed by atoms with Crippen molar-refractivity contribution in [2.45, 2.75) is 0 Å². The van der Waals surface area contributed by atoms with E-state index in [9.17, 15) is 28.9 Å². The lowest BCUT2D eigenvalue weighted by atomic mass is 10.1. The number of nitro groups is 1. The second-order valence-electron chi connectivity index (χ2n) is 4.06. The van der Waals surface area contributed by atoms with Gasteiger partial charge in [0.1, 0.15) is 13.1 Å². The van der Waals surface area contributed by atoms with Crippen molar-refractivity contribution in [3.05, 3.63) is 39.7 Å². The second kappa shape index (κ2) is 5.03. The zero-order valence-corrected chi connectivity index (χ0v) is 9.96. The van der Waals surface area contributed by atoms with Crippen molar-refractivity contribution in [1.82, 2.24) is 10.2 Å². The molecular weight excluding hydrogens is 273 g/mol. The van der Waals surface area contributed by atoms with Crippen LogP contribution in [-0.2, 0) is 9.59 Å². The minimum absolute atomic E-state index is 0.166. The number of amides is 3. The Balaban J connectivity index is 2.29. The van der Waals surface area contributed by atoms with Crippen LogP contribution < -0.4 is 5.32 Å². The first-order valence-corrected chi connectivity index (χ1v) is 5.44. The van der Waals surface area contributed by atoms with E-state index in [4.69, 9.17) is 0 Å². The Bertz CT molecular complexity index is 614. The third-order valence-corrected chi connectivity index (χ3v) is 2.62. The van der Waals surface area contributed by atoms with Crippen molar-refractivity contribution >= 4 is 23.4 Å². The lowest BCUT2D eigenvalue weighted by molar-refractivity contribution is -0.387. The Morgan fingerprint density at radius 2 is 1.90 bits per heavy atom. The van der Waals surface area contributed by atoms with E-state index in [1.54, 1.807) is 0 Å². The van der Waals surface area contributed by atoms with E-state index >= 15 is 0 Å². The fourth-order valence-electron chi connectivity index (χ4n) is 1.75. The molecule has 1 heterocycles. The fraction of sp³-hybridized carbons (Fsp3) is 0.182. The number of nitrogens with zero attached hydrogens (tertiary/aromatic N) is 2. The third-order valence-electron chi connectivity index (χ3n) is 2.62. The Hall–Kier alpha value is -2.84. The molecular formula is C11H8FN3O5. The monoisotopic (exact) mass is 281 g/mol. The highest BCUT2D eigenvalue weighted by Crippen LogP contribution is 2.19. The molecule has 1 aromatic carbocycles. The van der Waals surface area contributed by atoms with Gasteiger partial charge in [0.25, 0.3) is 5.91 Å². The van der Waals surface area contributed by atoms with Crippen molar-refractivity contribution < 1.29 is 23.7 Å². The topological polar surface area (TPSA) is 110 Å². The number of benzene rings is 1. The number of nitrogens with one attached hydrogen (secondary N) is 1. The first-order valence-electron chi connectivity index (χ1n) is 5.44. The van der Waals surface area contributed by atoms with Crippen LogP contribution in [0.2, 0.25) is 0 Å². The summed E-state index contributed by atoms with van der Waals surface area (Å²) in [6.07, 6.45) is 0. The molecule has 1 aromatic rings. The normalized spacial score (nSPS) is 14.9. The summed E-state index contributed by atoms with van der Waals surface area (Å²) in [5.41, 5.74) is -1.01. The van der Waals surface area contributed by atoms with Gasteiger partial charge < -0.3 is 4.90 Å². The van der Waals surface area contributed by atoms with Gasteiger partial charge in [0.2, 0.25) is 17.6 Å². The first-order chi connectivity index (χ1) is 9.38. The maximum Gasteiger partial charge on any atom is 0.305 e. The van der Waals surface area contributed by atoms with Gasteiger partial charge >= 0.3 is 5.69 Å². The van der Waals surface area contributed by atoms with Gasteiger partial charge in [0.15, 0.2) is 0 Å². The minimum atomic E-state index is -1.07. The summed E-state index contributed by atoms with van der Waals surface area (Å²) in [6, 6.07) is 2.62. The summed E-state index contributed by atoms with van der Waals surface area (Å²) in [4.78, 5) is 44.9. The molecule has 2 rings (SSSR count). The highest BCUT2D eigenvalue weighted by atomic mass is 19.1. The summed E-state index contributed by atoms with van der Waals surface area (Å²) in [7, 11) is 0. The predicted octanol–water partition coefficient (Wildman–Crippen LogP) is -0.167. The van der Waals surface area contributed by atoms with E-state index in [1.807, 2.05) is 5.32 Å². The largest absolute Gasteiger partial charge is 0.320 e. The van der Waals surface area contributed by atoms with Crippen LogP contribution in [0.3, 0.4) is 0 Å². The van der Waals surface area contributed by atoms with Crippen molar-refractivity contribution in [3.63, 3.8) is 0 Å². The van der Waals surface area contributed by atoms with Crippen LogP contribution in [0, 0.1) is 15.9 Å². The van der Waals surface area contributed by atoms with Crippen LogP contribution in [-0.4, -0.2) is 40.6 Å². The number of piperazine rings is 1. The van der Waals surface area contributed by atoms with Gasteiger partial charge in [0.05, 0.1) is 4.92 Å². The molecule has 1 fully saturated rings. The number of halogens is 1. The standard InChI is InChI=1S/C11H8FN3O5/c12-7-2-1-6(3-8(7)15(19)20)11(18)14-4-9(16)13-10(17)5-14/h1-3H,4-5H2,(H,13,16,17). The molecule has 3 amide bonds. The van der Waals surface area contributed by atoms with Gasteiger partial charge in [-0.15, -0.1) is 0 Å². The summed E-state index contributed by atoms with van der Waals surface area (Å²) in [5.74, 6) is -3.12. The Morgan fingerprint density at radius 3 is 2.45 bits per heavy atom. The molecule has 9 heteroatoms. The zero-order valence-electron chi connectivity index (χ0n) is 9.96. The van der Waals surface area contributed by atoms with Crippen LogP contribution in [0.15, 0.2) is 18.2 Å². The summed E-state index contributed by atoms with van der Waals surface area (Å²) < 4.78 is 13.2. The van der Waals surface area contributed by atoms with E-state index in [2.05, 4.69) is 0 Å². The first kappa shape index (κ1) is 13.6. The SMILES string of the molecule is O=C1CN(C(=O)c2ccc(F)c([N+](=O)[O-])c2)CC(=O)N1. The quantitative estimate of drug-likeness (QED) is 0.460. The molecule has 0 unspecified atom stereocenters. The molecule has 1 N–H and O–H groups in total. The van der Waals surface area contributed by atoms with Crippen molar-refractivity contribution in [3.8, 4) is 0 Å². The Kier molecular flexibility index (Phi) is 3.42. The number of carbonyl (C=O) groups excluding carboxylic acids is 3. The van der Waals surface area contributed by atoms with Gasteiger partial charge in [-0.2, -0.15) is 4.39 Å². The highest BCUT2D eigenvalue weighted by Gasteiger charge is 2.28. The number of carbonyl (C=O) groups is 3. The molecule has 104 valence electrons. The highest BCUT2D eigenvalue weighted by molar-refractivity contribution is 6.05. The molecule has 0 spiro atoms. The lowest BCUT2D eigenvalue weighted by Gasteiger charge is -2.25. The molecule has 8 nitrogen and oxygen atoms in total. The van der Waals surface area contributed by atoms with Crippen LogP contribution in [0.5, 0.6) is 0 Å². The van der Waals surface area contributed by atoms with Gasteiger partial charge in [0, 0.05) is 11.6 Å². The number of hydrogen-bond acceptors (Lipinski definition) is 5. The average Bonchev–Trinajstić information content (AvgIpc) is 2.37. The van der Waals surface area contributed by atoms with Crippen LogP contribution >= 0.6 is 0 Å². The average molecular weight is 281 g/mol. The van der Waals surface area contributed by atoms with E-state index in [0.29, 0.717) is 0 Å². The Labute approximate surface area is 111 Å². The van der Waals surface area contributed by atoms with Crippen LogP contribution in [0.4, 0.5) is 10.1 Å². The molecule has 1 aliphatic heterocycles. The molecule has 0 saturated carbocycles. The van der Waals surface area contributed by atoms with Gasteiger partial charge in [-0.3, -0.25) is 29.8 Å². The maximum atomic E-state index is 13.2. The minimum Gasteiger partial charge on any atom is -0.320 e. The van der Waals surface area contributed by atoms with Crippen LogP contribution in [0.1, 0.15) is 10.4 Å². The predicted molar refractivity (Wildman–Crippen MR) is 62.1 cm³/mol. The van der Waals surface area contributed by atoms with E-state index in [1.165, 1.54) is 0 Å². The maximum absolute atomic E-state index is 13.2. The van der Waals surface area contributed by atoms with Crippen LogP contribution in [0.25, 0.3) is 0 Å². The van der Waals surface area contributed by atoms with Gasteiger partial charge in [-0.05, 0) is 12.1 Å². The molecule has 1 saturated heterocycles. The van der Waals surface area contributed by atoms with E-state index < -0.39 is 34.1 Å². The third kappa shape index (κ3) is 2.60. The fourth-order valence-corrected chi connectivity index (χ4v) is 1.75. The number of imide groups is 1. The number of nitro benzene ring substituents is 1. The van der Waals surface area contributed by atoms with Crippen molar-refractivity contribution in [2.24, 2.45) is 0 Å². The van der Waals surface area contributed by atoms with Crippen molar-refractivity contribution in [1.29, 1.82) is 0 Å². The summed E-state index contributed by atoms with van der Waals surface area (Å²) in [6.45, 7) is -0.675. The second-order valence-corrected chi connectivity index (χ2v) is 4.06. The smallest absolute Gasteiger partial charge is 0.305 e. The molecule has 0 aromatic heterocycles. The Morgan fingerprint density at radius 1 is 1.30 bits per heavy atom. The summed E-state index contributed by atoms with van der Waals surface area (Å²) >= 11 is 0. The summed E-state index contributed by atoms with van der Waals surface area (Å²) in [5, 5.41) is 12.6. The number of rotatable bonds is 2. The molecule has 0 aliphatic carbocycles. The van der Waals surface area contributed by atoms with Crippen molar-refractivity contribution in [2.75, 3.05) is 13.1 Å². The van der Waals surface area contributed by atoms with Gasteiger partial charge in [-0.25, -0.2) is 0 Å². The van der Waals surface area contributed by atoms with E-state index in [0.717, 1.165) is 23.1 Å². The molecule has 0 radical (unpaired) electrons.